The summed E-state index contributed by atoms with van der Waals surface area (Å²) < 4.78 is 5.24. The number of thioether (sulfide) groups is 1. The van der Waals surface area contributed by atoms with Crippen LogP contribution in [0.15, 0.2) is 47.6 Å². The van der Waals surface area contributed by atoms with Crippen LogP contribution >= 0.6 is 11.8 Å². The number of aromatic amines is 2. The zero-order valence-corrected chi connectivity index (χ0v) is 16.3. The van der Waals surface area contributed by atoms with Crippen LogP contribution in [0.25, 0.3) is 21.9 Å². The fraction of sp³-hybridized carbons (Fsp3) is 0.238. The first-order chi connectivity index (χ1) is 13.7. The van der Waals surface area contributed by atoms with Gasteiger partial charge in [0.05, 0.1) is 23.9 Å². The van der Waals surface area contributed by atoms with Crippen molar-refractivity contribution in [2.45, 2.75) is 18.1 Å². The van der Waals surface area contributed by atoms with Crippen LogP contribution < -0.4 is 4.74 Å². The van der Waals surface area contributed by atoms with Crippen molar-refractivity contribution in [3.8, 4) is 5.75 Å². The monoisotopic (exact) mass is 392 g/mol. The Morgan fingerprint density at radius 3 is 3.00 bits per heavy atom. The minimum Gasteiger partial charge on any atom is -0.497 e. The number of H-pyrrole nitrogens is 2. The maximum atomic E-state index is 12.8. The summed E-state index contributed by atoms with van der Waals surface area (Å²) in [6, 6.07) is 14.0. The number of rotatable bonds is 4. The number of hydrogen-bond acceptors (Lipinski definition) is 4. The van der Waals surface area contributed by atoms with Crippen LogP contribution in [-0.2, 0) is 17.8 Å². The maximum absolute atomic E-state index is 12.8. The predicted molar refractivity (Wildman–Crippen MR) is 111 cm³/mol. The number of imidazole rings is 1. The number of fused-ring (bicyclic) bond motifs is 4. The lowest BCUT2D eigenvalue weighted by molar-refractivity contribution is -0.129. The van der Waals surface area contributed by atoms with Gasteiger partial charge in [0.1, 0.15) is 5.75 Å². The highest BCUT2D eigenvalue weighted by Crippen LogP contribution is 2.28. The number of methoxy groups -OCH3 is 1. The van der Waals surface area contributed by atoms with E-state index in [0.717, 1.165) is 40.4 Å². The van der Waals surface area contributed by atoms with Crippen LogP contribution in [0.2, 0.25) is 0 Å². The molecule has 1 amide bonds. The second-order valence-electron chi connectivity index (χ2n) is 6.91. The first-order valence-electron chi connectivity index (χ1n) is 9.24. The number of carbonyl (C=O) groups is 1. The van der Waals surface area contributed by atoms with Crippen molar-refractivity contribution in [1.82, 2.24) is 19.9 Å². The lowest BCUT2D eigenvalue weighted by Crippen LogP contribution is -2.36. The molecular formula is C21H20N4O2S. The zero-order valence-electron chi connectivity index (χ0n) is 15.5. The van der Waals surface area contributed by atoms with Gasteiger partial charge < -0.3 is 19.6 Å². The van der Waals surface area contributed by atoms with Crippen LogP contribution in [0.1, 0.15) is 11.3 Å². The molecule has 0 radical (unpaired) electrons. The largest absolute Gasteiger partial charge is 0.497 e. The molecule has 0 spiro atoms. The van der Waals surface area contributed by atoms with Crippen LogP contribution in [-0.4, -0.2) is 45.2 Å². The first kappa shape index (κ1) is 17.2. The molecule has 28 heavy (non-hydrogen) atoms. The topological polar surface area (TPSA) is 74.0 Å². The van der Waals surface area contributed by atoms with Gasteiger partial charge in [0, 0.05) is 47.7 Å². The van der Waals surface area contributed by atoms with Gasteiger partial charge in [-0.05, 0) is 18.2 Å². The number of nitrogens with one attached hydrogen (secondary N) is 2. The van der Waals surface area contributed by atoms with Gasteiger partial charge in [-0.2, -0.15) is 0 Å². The lowest BCUT2D eigenvalue weighted by Gasteiger charge is -2.27. The molecule has 0 saturated heterocycles. The Kier molecular flexibility index (Phi) is 4.24. The molecule has 0 bridgehead atoms. The quantitative estimate of drug-likeness (QED) is 0.519. The van der Waals surface area contributed by atoms with Crippen LogP contribution in [0.3, 0.4) is 0 Å². The molecule has 0 unspecified atom stereocenters. The molecular weight excluding hydrogens is 372 g/mol. The van der Waals surface area contributed by atoms with E-state index in [0.29, 0.717) is 12.3 Å². The van der Waals surface area contributed by atoms with Gasteiger partial charge in [-0.15, -0.1) is 0 Å². The highest BCUT2D eigenvalue weighted by molar-refractivity contribution is 7.99. The lowest BCUT2D eigenvalue weighted by atomic mass is 10.0. The van der Waals surface area contributed by atoms with Crippen molar-refractivity contribution in [3.63, 3.8) is 0 Å². The smallest absolute Gasteiger partial charge is 0.233 e. The van der Waals surface area contributed by atoms with E-state index in [2.05, 4.69) is 27.1 Å². The number of carbonyl (C=O) groups excluding carboxylic acids is 1. The van der Waals surface area contributed by atoms with Gasteiger partial charge in [0.25, 0.3) is 0 Å². The Morgan fingerprint density at radius 2 is 2.11 bits per heavy atom. The number of nitrogens with zero attached hydrogens (tertiary/aromatic N) is 2. The fourth-order valence-electron chi connectivity index (χ4n) is 3.76. The summed E-state index contributed by atoms with van der Waals surface area (Å²) >= 11 is 1.44. The van der Waals surface area contributed by atoms with Crippen LogP contribution in [0, 0.1) is 0 Å². The standard InChI is InChI=1S/C21H20N4O2S/c1-27-13-6-7-18-19(10-13)24-21(23-18)28-12-20(26)25-9-8-17-15(11-25)14-4-2-3-5-16(14)22-17/h2-7,10,22H,8-9,11-12H2,1H3,(H,23,24). The zero-order chi connectivity index (χ0) is 19.1. The molecule has 142 valence electrons. The number of aromatic nitrogens is 3. The molecule has 2 N–H and O–H groups in total. The van der Waals surface area contributed by atoms with Gasteiger partial charge >= 0.3 is 0 Å². The van der Waals surface area contributed by atoms with Crippen molar-refractivity contribution in [2.75, 3.05) is 19.4 Å². The van der Waals surface area contributed by atoms with E-state index in [1.165, 1.54) is 28.4 Å². The number of hydrogen-bond donors (Lipinski definition) is 2. The molecule has 2 aromatic heterocycles. The van der Waals surface area contributed by atoms with Crippen molar-refractivity contribution >= 4 is 39.6 Å². The summed E-state index contributed by atoms with van der Waals surface area (Å²) in [6.45, 7) is 1.41. The molecule has 0 fully saturated rings. The number of para-hydroxylation sites is 1. The van der Waals surface area contributed by atoms with Crippen molar-refractivity contribution in [1.29, 1.82) is 0 Å². The summed E-state index contributed by atoms with van der Waals surface area (Å²) in [5.74, 6) is 1.29. The van der Waals surface area contributed by atoms with E-state index in [9.17, 15) is 4.79 Å². The average molecular weight is 392 g/mol. The minimum atomic E-state index is 0.138. The van der Waals surface area contributed by atoms with E-state index in [4.69, 9.17) is 4.74 Å². The third-order valence-corrected chi connectivity index (χ3v) is 6.09. The van der Waals surface area contributed by atoms with Crippen LogP contribution in [0.5, 0.6) is 5.75 Å². The van der Waals surface area contributed by atoms with Gasteiger partial charge in [0.2, 0.25) is 5.91 Å². The summed E-state index contributed by atoms with van der Waals surface area (Å²) in [5.41, 5.74) is 5.43. The SMILES string of the molecule is COc1ccc2nc(SCC(=O)N3CCc4[nH]c5ccccc5c4C3)[nH]c2c1. The summed E-state index contributed by atoms with van der Waals surface area (Å²) in [5, 5.41) is 1.97. The number of ether oxygens (including phenoxy) is 1. The van der Waals surface area contributed by atoms with Gasteiger partial charge in [-0.1, -0.05) is 30.0 Å². The molecule has 2 aromatic carbocycles. The molecule has 4 aromatic rings. The van der Waals surface area contributed by atoms with Gasteiger partial charge in [-0.3, -0.25) is 4.79 Å². The molecule has 6 nitrogen and oxygen atoms in total. The molecule has 0 aliphatic carbocycles. The second kappa shape index (κ2) is 6.91. The third kappa shape index (κ3) is 3.01. The fourth-order valence-corrected chi connectivity index (χ4v) is 4.55. The molecule has 0 atom stereocenters. The van der Waals surface area contributed by atoms with Gasteiger partial charge in [-0.25, -0.2) is 4.98 Å². The number of benzene rings is 2. The molecule has 0 saturated carbocycles. The molecule has 5 rings (SSSR count). The normalized spacial score (nSPS) is 13.8. The van der Waals surface area contributed by atoms with E-state index >= 15 is 0 Å². The summed E-state index contributed by atoms with van der Waals surface area (Å²) in [4.78, 5) is 26.0. The highest BCUT2D eigenvalue weighted by Gasteiger charge is 2.24. The van der Waals surface area contributed by atoms with E-state index in [-0.39, 0.29) is 5.91 Å². The van der Waals surface area contributed by atoms with Gasteiger partial charge in [0.15, 0.2) is 5.16 Å². The van der Waals surface area contributed by atoms with Crippen molar-refractivity contribution < 1.29 is 9.53 Å². The average Bonchev–Trinajstić information content (AvgIpc) is 3.31. The molecule has 3 heterocycles. The van der Waals surface area contributed by atoms with E-state index in [1.54, 1.807) is 7.11 Å². The first-order valence-corrected chi connectivity index (χ1v) is 10.2. The Balaban J connectivity index is 1.28. The molecule has 7 heteroatoms. The van der Waals surface area contributed by atoms with Crippen LogP contribution in [0.4, 0.5) is 0 Å². The minimum absolute atomic E-state index is 0.138. The Bertz CT molecular complexity index is 1180. The molecule has 1 aliphatic rings. The summed E-state index contributed by atoms with van der Waals surface area (Å²) in [6.07, 6.45) is 0.866. The van der Waals surface area contributed by atoms with E-state index < -0.39 is 0 Å². The van der Waals surface area contributed by atoms with Crippen molar-refractivity contribution in [3.05, 3.63) is 53.7 Å². The number of amides is 1. The molecule has 1 aliphatic heterocycles. The van der Waals surface area contributed by atoms with Crippen molar-refractivity contribution in [2.24, 2.45) is 0 Å². The summed E-state index contributed by atoms with van der Waals surface area (Å²) in [7, 11) is 1.64. The third-order valence-electron chi connectivity index (χ3n) is 5.24. The Morgan fingerprint density at radius 1 is 1.21 bits per heavy atom. The Labute approximate surface area is 166 Å². The van der Waals surface area contributed by atoms with E-state index in [1.807, 2.05) is 35.2 Å². The highest BCUT2D eigenvalue weighted by atomic mass is 32.2. The maximum Gasteiger partial charge on any atom is 0.233 e. The Hall–Kier alpha value is -2.93. The second-order valence-corrected chi connectivity index (χ2v) is 7.87. The predicted octanol–water partition coefficient (Wildman–Crippen LogP) is 3.73.